The van der Waals surface area contributed by atoms with Crippen molar-refractivity contribution >= 4 is 16.9 Å². The molecule has 1 aromatic carbocycles. The summed E-state index contributed by atoms with van der Waals surface area (Å²) in [7, 11) is 0. The molecule has 0 spiro atoms. The molecule has 1 saturated carbocycles. The standard InChI is InChI=1S/C15H15F2NO2/c1-8-7-10-9(3-2-4-12(10)20-8)14-11(15(14,16)17)5-6-13(18)19/h2-4,7,11,14H,5-6H2,1H3,(H2,18,19). The molecule has 2 atom stereocenters. The van der Waals surface area contributed by atoms with Crippen molar-refractivity contribution < 1.29 is 18.0 Å². The van der Waals surface area contributed by atoms with Gasteiger partial charge in [-0.3, -0.25) is 4.79 Å². The number of aryl methyl sites for hydroxylation is 1. The first-order valence-corrected chi connectivity index (χ1v) is 6.56. The SMILES string of the molecule is Cc1cc2c(C3C(CCC(N)=O)C3(F)F)cccc2o1. The number of rotatable bonds is 4. The van der Waals surface area contributed by atoms with Gasteiger partial charge in [0.1, 0.15) is 11.3 Å². The van der Waals surface area contributed by atoms with Crippen LogP contribution in [-0.4, -0.2) is 11.8 Å². The highest BCUT2D eigenvalue weighted by Gasteiger charge is 2.68. The molecule has 106 valence electrons. The largest absolute Gasteiger partial charge is 0.461 e. The Hall–Kier alpha value is -1.91. The third kappa shape index (κ3) is 1.97. The predicted molar refractivity (Wildman–Crippen MR) is 70.6 cm³/mol. The van der Waals surface area contributed by atoms with Crippen LogP contribution >= 0.6 is 0 Å². The molecule has 1 aliphatic carbocycles. The number of benzene rings is 1. The first-order valence-electron chi connectivity index (χ1n) is 6.56. The van der Waals surface area contributed by atoms with Crippen LogP contribution in [0.5, 0.6) is 0 Å². The number of carbonyl (C=O) groups is 1. The van der Waals surface area contributed by atoms with Gasteiger partial charge >= 0.3 is 0 Å². The first kappa shape index (κ1) is 13.1. The minimum absolute atomic E-state index is 0.00283. The van der Waals surface area contributed by atoms with Gasteiger partial charge in [-0.1, -0.05) is 12.1 Å². The number of primary amides is 1. The van der Waals surface area contributed by atoms with Gasteiger partial charge in [0.05, 0.1) is 5.92 Å². The van der Waals surface area contributed by atoms with Crippen LogP contribution < -0.4 is 5.73 Å². The molecule has 3 nitrogen and oxygen atoms in total. The molecule has 1 amide bonds. The van der Waals surface area contributed by atoms with E-state index in [0.29, 0.717) is 16.9 Å². The van der Waals surface area contributed by atoms with Gasteiger partial charge in [-0.25, -0.2) is 8.78 Å². The van der Waals surface area contributed by atoms with E-state index in [-0.39, 0.29) is 12.8 Å². The molecule has 5 heteroatoms. The van der Waals surface area contributed by atoms with Crippen molar-refractivity contribution in [3.63, 3.8) is 0 Å². The van der Waals surface area contributed by atoms with Crippen LogP contribution in [0.25, 0.3) is 11.0 Å². The maximum Gasteiger partial charge on any atom is 0.258 e. The fourth-order valence-electron chi connectivity index (χ4n) is 2.95. The zero-order valence-corrected chi connectivity index (χ0v) is 11.0. The summed E-state index contributed by atoms with van der Waals surface area (Å²) < 4.78 is 33.4. The predicted octanol–water partition coefficient (Wildman–Crippen LogP) is 3.36. The number of amides is 1. The van der Waals surface area contributed by atoms with E-state index in [9.17, 15) is 13.6 Å². The maximum atomic E-state index is 13.9. The summed E-state index contributed by atoms with van der Waals surface area (Å²) in [5, 5.41) is 0.733. The van der Waals surface area contributed by atoms with E-state index in [1.807, 2.05) is 0 Å². The second-order valence-electron chi connectivity index (χ2n) is 5.38. The average molecular weight is 279 g/mol. The van der Waals surface area contributed by atoms with Gasteiger partial charge in [-0.05, 0) is 31.0 Å². The van der Waals surface area contributed by atoms with Crippen LogP contribution in [0, 0.1) is 12.8 Å². The Balaban J connectivity index is 1.93. The number of carbonyl (C=O) groups excluding carboxylic acids is 1. The number of hydrogen-bond donors (Lipinski definition) is 1. The van der Waals surface area contributed by atoms with Crippen LogP contribution in [0.4, 0.5) is 8.78 Å². The van der Waals surface area contributed by atoms with Crippen molar-refractivity contribution in [1.29, 1.82) is 0 Å². The van der Waals surface area contributed by atoms with Crippen molar-refractivity contribution in [1.82, 2.24) is 0 Å². The van der Waals surface area contributed by atoms with Crippen molar-refractivity contribution in [2.45, 2.75) is 31.6 Å². The maximum absolute atomic E-state index is 13.9. The van der Waals surface area contributed by atoms with Crippen LogP contribution in [0.15, 0.2) is 28.7 Å². The van der Waals surface area contributed by atoms with E-state index in [0.717, 1.165) is 5.39 Å². The van der Waals surface area contributed by atoms with Crippen LogP contribution in [0.3, 0.4) is 0 Å². The van der Waals surface area contributed by atoms with Crippen molar-refractivity contribution in [2.75, 3.05) is 0 Å². The van der Waals surface area contributed by atoms with E-state index >= 15 is 0 Å². The molecule has 2 unspecified atom stereocenters. The molecule has 1 aliphatic rings. The molecule has 0 aliphatic heterocycles. The molecule has 2 N–H and O–H groups in total. The number of nitrogens with two attached hydrogens (primary N) is 1. The van der Waals surface area contributed by atoms with Crippen LogP contribution in [0.1, 0.15) is 30.1 Å². The van der Waals surface area contributed by atoms with Gasteiger partial charge in [-0.15, -0.1) is 0 Å². The van der Waals surface area contributed by atoms with Gasteiger partial charge in [0.15, 0.2) is 0 Å². The second-order valence-corrected chi connectivity index (χ2v) is 5.38. The lowest BCUT2D eigenvalue weighted by Gasteiger charge is -2.00. The lowest BCUT2D eigenvalue weighted by molar-refractivity contribution is -0.118. The topological polar surface area (TPSA) is 56.2 Å². The monoisotopic (exact) mass is 279 g/mol. The van der Waals surface area contributed by atoms with E-state index in [4.69, 9.17) is 10.2 Å². The summed E-state index contributed by atoms with van der Waals surface area (Å²) in [5.74, 6) is -4.26. The molecular formula is C15H15F2NO2. The van der Waals surface area contributed by atoms with Crippen molar-refractivity contribution in [3.8, 4) is 0 Å². The van der Waals surface area contributed by atoms with Crippen LogP contribution in [-0.2, 0) is 4.79 Å². The first-order chi connectivity index (χ1) is 9.41. The number of fused-ring (bicyclic) bond motifs is 1. The van der Waals surface area contributed by atoms with Crippen LogP contribution in [0.2, 0.25) is 0 Å². The van der Waals surface area contributed by atoms with E-state index in [1.54, 1.807) is 31.2 Å². The Labute approximate surface area is 114 Å². The highest BCUT2D eigenvalue weighted by molar-refractivity contribution is 5.83. The fourth-order valence-corrected chi connectivity index (χ4v) is 2.95. The normalized spacial score (nSPS) is 23.9. The Morgan fingerprint density at radius 3 is 2.90 bits per heavy atom. The number of hydrogen-bond acceptors (Lipinski definition) is 2. The molecule has 1 fully saturated rings. The zero-order chi connectivity index (χ0) is 14.5. The highest BCUT2D eigenvalue weighted by atomic mass is 19.3. The van der Waals surface area contributed by atoms with E-state index < -0.39 is 23.7 Å². The average Bonchev–Trinajstić information content (AvgIpc) is 2.70. The summed E-state index contributed by atoms with van der Waals surface area (Å²) in [6.45, 7) is 1.79. The quantitative estimate of drug-likeness (QED) is 0.933. The Morgan fingerprint density at radius 1 is 1.45 bits per heavy atom. The zero-order valence-electron chi connectivity index (χ0n) is 11.0. The van der Waals surface area contributed by atoms with Gasteiger partial charge in [0.25, 0.3) is 5.92 Å². The van der Waals surface area contributed by atoms with Gasteiger partial charge in [0, 0.05) is 17.7 Å². The lowest BCUT2D eigenvalue weighted by Crippen LogP contribution is -2.10. The lowest BCUT2D eigenvalue weighted by atomic mass is 10.0. The smallest absolute Gasteiger partial charge is 0.258 e. The fraction of sp³-hybridized carbons (Fsp3) is 0.400. The second kappa shape index (κ2) is 4.30. The minimum atomic E-state index is -2.77. The Morgan fingerprint density at radius 2 is 2.20 bits per heavy atom. The third-order valence-electron chi connectivity index (χ3n) is 3.96. The number of alkyl halides is 2. The molecular weight excluding hydrogens is 264 g/mol. The summed E-state index contributed by atoms with van der Waals surface area (Å²) >= 11 is 0. The van der Waals surface area contributed by atoms with Gasteiger partial charge in [-0.2, -0.15) is 0 Å². The van der Waals surface area contributed by atoms with E-state index in [2.05, 4.69) is 0 Å². The number of halogens is 2. The van der Waals surface area contributed by atoms with Gasteiger partial charge < -0.3 is 10.2 Å². The van der Waals surface area contributed by atoms with E-state index in [1.165, 1.54) is 0 Å². The Kier molecular flexibility index (Phi) is 2.81. The van der Waals surface area contributed by atoms with Crippen molar-refractivity contribution in [2.24, 2.45) is 11.7 Å². The summed E-state index contributed by atoms with van der Waals surface area (Å²) in [6.07, 6.45) is 0.122. The molecule has 2 aromatic rings. The Bertz CT molecular complexity index is 678. The molecule has 3 rings (SSSR count). The molecule has 0 radical (unpaired) electrons. The molecule has 20 heavy (non-hydrogen) atoms. The summed E-state index contributed by atoms with van der Waals surface area (Å²) in [5.41, 5.74) is 6.25. The van der Waals surface area contributed by atoms with Crippen molar-refractivity contribution in [3.05, 3.63) is 35.6 Å². The molecule has 0 bridgehead atoms. The third-order valence-corrected chi connectivity index (χ3v) is 3.96. The minimum Gasteiger partial charge on any atom is -0.461 e. The summed E-state index contributed by atoms with van der Waals surface area (Å²) in [4.78, 5) is 10.8. The molecule has 0 saturated heterocycles. The molecule has 1 aromatic heterocycles. The number of furan rings is 1. The van der Waals surface area contributed by atoms with Gasteiger partial charge in [0.2, 0.25) is 5.91 Å². The summed E-state index contributed by atoms with van der Waals surface area (Å²) in [6, 6.07) is 6.98. The highest BCUT2D eigenvalue weighted by Crippen LogP contribution is 2.64. The molecule has 1 heterocycles.